The van der Waals surface area contributed by atoms with Crippen LogP contribution in [0.3, 0.4) is 0 Å². The lowest BCUT2D eigenvalue weighted by atomic mass is 9.84. The van der Waals surface area contributed by atoms with Gasteiger partial charge >= 0.3 is 0 Å². The van der Waals surface area contributed by atoms with Gasteiger partial charge in [0.25, 0.3) is 0 Å². The molecule has 2 aromatic carbocycles. The molecule has 0 bridgehead atoms. The van der Waals surface area contributed by atoms with Gasteiger partial charge in [-0.1, -0.05) is 37.1 Å². The number of nitrogens with one attached hydrogen (secondary N) is 2. The normalized spacial score (nSPS) is 19.7. The van der Waals surface area contributed by atoms with Crippen LogP contribution in [0.4, 0.5) is 15.8 Å². The molecule has 1 atom stereocenters. The Labute approximate surface area is 151 Å². The van der Waals surface area contributed by atoms with Gasteiger partial charge in [0.15, 0.2) is 0 Å². The van der Waals surface area contributed by atoms with Crippen LogP contribution in [0, 0.1) is 11.7 Å². The second-order valence-electron chi connectivity index (χ2n) is 7.10. The molecular formula is C21H21FN2O2. The van der Waals surface area contributed by atoms with Gasteiger partial charge in [0, 0.05) is 29.6 Å². The number of amides is 2. The molecule has 1 aliphatic heterocycles. The van der Waals surface area contributed by atoms with E-state index >= 15 is 0 Å². The summed E-state index contributed by atoms with van der Waals surface area (Å²) in [6.07, 6.45) is 4.28. The Morgan fingerprint density at radius 2 is 1.85 bits per heavy atom. The van der Waals surface area contributed by atoms with Crippen LogP contribution in [-0.2, 0) is 9.59 Å². The van der Waals surface area contributed by atoms with Gasteiger partial charge in [0.1, 0.15) is 5.82 Å². The van der Waals surface area contributed by atoms with Crippen LogP contribution in [0.1, 0.15) is 49.1 Å². The van der Waals surface area contributed by atoms with E-state index < -0.39 is 0 Å². The highest BCUT2D eigenvalue weighted by Gasteiger charge is 2.29. The second-order valence-corrected chi connectivity index (χ2v) is 7.10. The van der Waals surface area contributed by atoms with Crippen molar-refractivity contribution in [3.63, 3.8) is 0 Å². The molecule has 2 aliphatic rings. The van der Waals surface area contributed by atoms with Crippen molar-refractivity contribution in [1.29, 1.82) is 0 Å². The SMILES string of the molecule is O=C1CC(c2ccccc2F)c2ccc(NC(=O)C3CCCC3)cc2N1. The standard InChI is InChI=1S/C21H21FN2O2/c22-18-8-4-3-7-15(18)17-12-20(25)24-19-11-14(9-10-16(17)19)23-21(26)13-5-1-2-6-13/h3-4,7-11,13,17H,1-2,5-6,12H2,(H,23,26)(H,24,25). The smallest absolute Gasteiger partial charge is 0.227 e. The van der Waals surface area contributed by atoms with Crippen molar-refractivity contribution in [3.05, 3.63) is 59.4 Å². The molecule has 0 spiro atoms. The summed E-state index contributed by atoms with van der Waals surface area (Å²) >= 11 is 0. The fourth-order valence-corrected chi connectivity index (χ4v) is 4.01. The Morgan fingerprint density at radius 3 is 2.62 bits per heavy atom. The summed E-state index contributed by atoms with van der Waals surface area (Å²) in [6.45, 7) is 0. The second kappa shape index (κ2) is 6.90. The summed E-state index contributed by atoms with van der Waals surface area (Å²) in [6, 6.07) is 12.0. The number of carbonyl (C=O) groups excluding carboxylic acids is 2. The Hall–Kier alpha value is -2.69. The van der Waals surface area contributed by atoms with Gasteiger partial charge in [-0.15, -0.1) is 0 Å². The van der Waals surface area contributed by atoms with E-state index in [-0.39, 0.29) is 35.9 Å². The van der Waals surface area contributed by atoms with Crippen LogP contribution in [0.5, 0.6) is 0 Å². The molecule has 0 aromatic heterocycles. The number of anilines is 2. The first-order valence-corrected chi connectivity index (χ1v) is 9.11. The van der Waals surface area contributed by atoms with Gasteiger partial charge in [-0.3, -0.25) is 9.59 Å². The Balaban J connectivity index is 1.62. The minimum atomic E-state index is -0.320. The van der Waals surface area contributed by atoms with E-state index in [0.29, 0.717) is 16.9 Å². The van der Waals surface area contributed by atoms with Gasteiger partial charge in [0.05, 0.1) is 0 Å². The molecule has 0 radical (unpaired) electrons. The Kier molecular flexibility index (Phi) is 4.45. The molecule has 4 rings (SSSR count). The number of benzene rings is 2. The molecule has 2 aromatic rings. The first-order valence-electron chi connectivity index (χ1n) is 9.11. The lowest BCUT2D eigenvalue weighted by Crippen LogP contribution is -2.25. The van der Waals surface area contributed by atoms with E-state index in [0.717, 1.165) is 31.2 Å². The Bertz CT molecular complexity index is 859. The topological polar surface area (TPSA) is 58.2 Å². The lowest BCUT2D eigenvalue weighted by Gasteiger charge is -2.27. The molecule has 1 saturated carbocycles. The summed E-state index contributed by atoms with van der Waals surface area (Å²) in [5.74, 6) is -0.664. The molecule has 4 nitrogen and oxygen atoms in total. The maximum absolute atomic E-state index is 14.2. The molecule has 0 saturated heterocycles. The molecule has 1 unspecified atom stereocenters. The van der Waals surface area contributed by atoms with Crippen LogP contribution >= 0.6 is 0 Å². The van der Waals surface area contributed by atoms with Crippen LogP contribution < -0.4 is 10.6 Å². The summed E-state index contributed by atoms with van der Waals surface area (Å²) < 4.78 is 14.2. The summed E-state index contributed by atoms with van der Waals surface area (Å²) in [4.78, 5) is 24.5. The molecule has 2 amide bonds. The van der Waals surface area contributed by atoms with Crippen molar-refractivity contribution in [2.24, 2.45) is 5.92 Å². The van der Waals surface area contributed by atoms with Crippen LogP contribution in [0.15, 0.2) is 42.5 Å². The van der Waals surface area contributed by atoms with E-state index in [2.05, 4.69) is 10.6 Å². The van der Waals surface area contributed by atoms with Crippen molar-refractivity contribution in [1.82, 2.24) is 0 Å². The third kappa shape index (κ3) is 3.21. The van der Waals surface area contributed by atoms with Crippen molar-refractivity contribution >= 4 is 23.2 Å². The predicted octanol–water partition coefficient (Wildman–Crippen LogP) is 4.43. The largest absolute Gasteiger partial charge is 0.326 e. The molecule has 1 aliphatic carbocycles. The highest BCUT2D eigenvalue weighted by atomic mass is 19.1. The zero-order valence-corrected chi connectivity index (χ0v) is 14.4. The summed E-state index contributed by atoms with van der Waals surface area (Å²) in [7, 11) is 0. The highest BCUT2D eigenvalue weighted by molar-refractivity contribution is 5.98. The average Bonchev–Trinajstić information content (AvgIpc) is 3.16. The monoisotopic (exact) mass is 352 g/mol. The Morgan fingerprint density at radius 1 is 1.08 bits per heavy atom. The number of hydrogen-bond acceptors (Lipinski definition) is 2. The zero-order valence-electron chi connectivity index (χ0n) is 14.4. The summed E-state index contributed by atoms with van der Waals surface area (Å²) in [5.41, 5.74) is 2.69. The van der Waals surface area contributed by atoms with Crippen molar-refractivity contribution in [2.75, 3.05) is 10.6 Å². The molecule has 134 valence electrons. The summed E-state index contributed by atoms with van der Waals surface area (Å²) in [5, 5.41) is 5.80. The van der Waals surface area contributed by atoms with Gasteiger partial charge in [-0.05, 0) is 42.2 Å². The minimum absolute atomic E-state index is 0.0373. The quantitative estimate of drug-likeness (QED) is 0.859. The van der Waals surface area contributed by atoms with Crippen molar-refractivity contribution in [2.45, 2.75) is 38.0 Å². The van der Waals surface area contributed by atoms with E-state index in [1.807, 2.05) is 12.1 Å². The van der Waals surface area contributed by atoms with Crippen molar-refractivity contribution < 1.29 is 14.0 Å². The van der Waals surface area contributed by atoms with E-state index in [1.54, 1.807) is 24.3 Å². The van der Waals surface area contributed by atoms with E-state index in [4.69, 9.17) is 0 Å². The fourth-order valence-electron chi connectivity index (χ4n) is 4.01. The highest BCUT2D eigenvalue weighted by Crippen LogP contribution is 2.39. The predicted molar refractivity (Wildman–Crippen MR) is 98.5 cm³/mol. The maximum atomic E-state index is 14.2. The molecule has 26 heavy (non-hydrogen) atoms. The number of halogens is 1. The molecule has 1 fully saturated rings. The van der Waals surface area contributed by atoms with Gasteiger partial charge in [0.2, 0.25) is 11.8 Å². The van der Waals surface area contributed by atoms with E-state index in [1.165, 1.54) is 6.07 Å². The van der Waals surface area contributed by atoms with Crippen LogP contribution in [0.2, 0.25) is 0 Å². The fraction of sp³-hybridized carbons (Fsp3) is 0.333. The zero-order chi connectivity index (χ0) is 18.1. The van der Waals surface area contributed by atoms with Crippen LogP contribution in [-0.4, -0.2) is 11.8 Å². The van der Waals surface area contributed by atoms with Crippen molar-refractivity contribution in [3.8, 4) is 0 Å². The molecule has 2 N–H and O–H groups in total. The molecular weight excluding hydrogens is 331 g/mol. The van der Waals surface area contributed by atoms with E-state index in [9.17, 15) is 14.0 Å². The lowest BCUT2D eigenvalue weighted by molar-refractivity contribution is -0.119. The maximum Gasteiger partial charge on any atom is 0.227 e. The van der Waals surface area contributed by atoms with Gasteiger partial charge < -0.3 is 10.6 Å². The molecule has 5 heteroatoms. The number of fused-ring (bicyclic) bond motifs is 1. The number of rotatable bonds is 3. The molecule has 1 heterocycles. The third-order valence-electron chi connectivity index (χ3n) is 5.37. The van der Waals surface area contributed by atoms with Gasteiger partial charge in [-0.25, -0.2) is 4.39 Å². The average molecular weight is 352 g/mol. The van der Waals surface area contributed by atoms with Gasteiger partial charge in [-0.2, -0.15) is 0 Å². The first-order chi connectivity index (χ1) is 12.6. The third-order valence-corrected chi connectivity index (χ3v) is 5.37. The first kappa shape index (κ1) is 16.8. The number of hydrogen-bond donors (Lipinski definition) is 2. The van der Waals surface area contributed by atoms with Crippen LogP contribution in [0.25, 0.3) is 0 Å². The number of carbonyl (C=O) groups is 2. The minimum Gasteiger partial charge on any atom is -0.326 e.